The molecule has 0 radical (unpaired) electrons. The molecule has 25 heavy (non-hydrogen) atoms. The lowest BCUT2D eigenvalue weighted by Crippen LogP contribution is -2.36. The monoisotopic (exact) mass is 341 g/mol. The standard InChI is InChI=1S/C17H23N7O/c1-12-5-6-15(22-21-12)23-7-4-8-24(10-9-23)16(25)14-11-13(2)19-17(18-3)20-14/h5-6,11H,4,7-10H2,1-3H3,(H,18,19,20). The maximum Gasteiger partial charge on any atom is 0.272 e. The van der Waals surface area contributed by atoms with Crippen LogP contribution in [0, 0.1) is 13.8 Å². The molecule has 0 saturated carbocycles. The number of rotatable bonds is 3. The number of aryl methyl sites for hydroxylation is 2. The number of amides is 1. The first kappa shape index (κ1) is 17.1. The molecule has 2 aromatic heterocycles. The summed E-state index contributed by atoms with van der Waals surface area (Å²) < 4.78 is 0. The zero-order valence-corrected chi connectivity index (χ0v) is 14.9. The normalized spacial score (nSPS) is 15.0. The van der Waals surface area contributed by atoms with E-state index in [1.165, 1.54) is 0 Å². The number of hydrogen-bond acceptors (Lipinski definition) is 7. The molecular formula is C17H23N7O. The van der Waals surface area contributed by atoms with Crippen LogP contribution in [0.2, 0.25) is 0 Å². The van der Waals surface area contributed by atoms with Gasteiger partial charge >= 0.3 is 0 Å². The molecule has 1 saturated heterocycles. The quantitative estimate of drug-likeness (QED) is 0.900. The lowest BCUT2D eigenvalue weighted by atomic mass is 10.3. The number of carbonyl (C=O) groups is 1. The fraction of sp³-hybridized carbons (Fsp3) is 0.471. The van der Waals surface area contributed by atoms with E-state index < -0.39 is 0 Å². The van der Waals surface area contributed by atoms with Gasteiger partial charge < -0.3 is 15.1 Å². The Labute approximate surface area is 147 Å². The topological polar surface area (TPSA) is 87.1 Å². The summed E-state index contributed by atoms with van der Waals surface area (Å²) >= 11 is 0. The Balaban J connectivity index is 1.71. The number of nitrogens with zero attached hydrogens (tertiary/aromatic N) is 6. The van der Waals surface area contributed by atoms with Crippen LogP contribution in [0.5, 0.6) is 0 Å². The first-order chi connectivity index (χ1) is 12.1. The van der Waals surface area contributed by atoms with Crippen LogP contribution in [-0.2, 0) is 0 Å². The average Bonchev–Trinajstić information content (AvgIpc) is 2.87. The van der Waals surface area contributed by atoms with E-state index in [0.29, 0.717) is 24.7 Å². The molecule has 2 aromatic rings. The molecule has 0 spiro atoms. The fourth-order valence-electron chi connectivity index (χ4n) is 2.86. The number of aromatic nitrogens is 4. The highest BCUT2D eigenvalue weighted by molar-refractivity contribution is 5.92. The Hall–Kier alpha value is -2.77. The summed E-state index contributed by atoms with van der Waals surface area (Å²) in [6.45, 7) is 6.69. The van der Waals surface area contributed by atoms with Gasteiger partial charge in [-0.15, -0.1) is 5.10 Å². The van der Waals surface area contributed by atoms with Gasteiger partial charge in [-0.1, -0.05) is 0 Å². The first-order valence-corrected chi connectivity index (χ1v) is 8.45. The maximum absolute atomic E-state index is 12.8. The third kappa shape index (κ3) is 4.01. The fourth-order valence-corrected chi connectivity index (χ4v) is 2.86. The highest BCUT2D eigenvalue weighted by Gasteiger charge is 2.22. The van der Waals surface area contributed by atoms with Gasteiger partial charge in [0.1, 0.15) is 5.69 Å². The van der Waals surface area contributed by atoms with Gasteiger partial charge in [0, 0.05) is 38.9 Å². The summed E-state index contributed by atoms with van der Waals surface area (Å²) in [4.78, 5) is 25.4. The van der Waals surface area contributed by atoms with E-state index in [1.807, 2.05) is 30.9 Å². The zero-order chi connectivity index (χ0) is 17.8. The molecule has 0 aromatic carbocycles. The Bertz CT molecular complexity index is 747. The lowest BCUT2D eigenvalue weighted by Gasteiger charge is -2.22. The van der Waals surface area contributed by atoms with Crippen LogP contribution in [0.1, 0.15) is 28.3 Å². The van der Waals surface area contributed by atoms with Crippen molar-refractivity contribution in [2.75, 3.05) is 43.4 Å². The molecule has 1 fully saturated rings. The van der Waals surface area contributed by atoms with Crippen LogP contribution in [0.25, 0.3) is 0 Å². The van der Waals surface area contributed by atoms with Gasteiger partial charge in [-0.3, -0.25) is 4.79 Å². The second kappa shape index (κ2) is 7.42. The van der Waals surface area contributed by atoms with Crippen molar-refractivity contribution in [1.29, 1.82) is 0 Å². The molecule has 0 unspecified atom stereocenters. The van der Waals surface area contributed by atoms with Gasteiger partial charge in [0.2, 0.25) is 5.95 Å². The van der Waals surface area contributed by atoms with E-state index >= 15 is 0 Å². The van der Waals surface area contributed by atoms with E-state index in [1.54, 1.807) is 13.1 Å². The third-order valence-corrected chi connectivity index (χ3v) is 4.19. The van der Waals surface area contributed by atoms with Gasteiger partial charge in [-0.05, 0) is 38.5 Å². The zero-order valence-electron chi connectivity index (χ0n) is 14.9. The lowest BCUT2D eigenvalue weighted by molar-refractivity contribution is 0.0761. The molecule has 1 amide bonds. The number of anilines is 2. The van der Waals surface area contributed by atoms with E-state index in [9.17, 15) is 4.79 Å². The second-order valence-corrected chi connectivity index (χ2v) is 6.13. The highest BCUT2D eigenvalue weighted by Crippen LogP contribution is 2.15. The molecule has 8 nitrogen and oxygen atoms in total. The van der Waals surface area contributed by atoms with E-state index in [0.717, 1.165) is 36.7 Å². The maximum atomic E-state index is 12.8. The molecule has 0 atom stereocenters. The minimum atomic E-state index is -0.0566. The number of carbonyl (C=O) groups excluding carboxylic acids is 1. The summed E-state index contributed by atoms with van der Waals surface area (Å²) in [6.07, 6.45) is 0.879. The van der Waals surface area contributed by atoms with Crippen LogP contribution >= 0.6 is 0 Å². The van der Waals surface area contributed by atoms with E-state index in [-0.39, 0.29) is 5.91 Å². The van der Waals surface area contributed by atoms with Crippen LogP contribution < -0.4 is 10.2 Å². The molecule has 0 bridgehead atoms. The predicted octanol–water partition coefficient (Wildman–Crippen LogP) is 1.28. The van der Waals surface area contributed by atoms with Gasteiger partial charge in [0.05, 0.1) is 5.69 Å². The van der Waals surface area contributed by atoms with Crippen molar-refractivity contribution in [3.8, 4) is 0 Å². The van der Waals surface area contributed by atoms with Gasteiger partial charge in [-0.25, -0.2) is 9.97 Å². The smallest absolute Gasteiger partial charge is 0.272 e. The SMILES string of the molecule is CNc1nc(C)cc(C(=O)N2CCCN(c3ccc(C)nn3)CC2)n1. The van der Waals surface area contributed by atoms with Crippen LogP contribution in [0.15, 0.2) is 18.2 Å². The Kier molecular flexibility index (Phi) is 5.06. The van der Waals surface area contributed by atoms with Crippen molar-refractivity contribution in [2.24, 2.45) is 0 Å². The minimum absolute atomic E-state index is 0.0566. The molecule has 1 aliphatic rings. The number of hydrogen-bond donors (Lipinski definition) is 1. The number of nitrogens with one attached hydrogen (secondary N) is 1. The molecule has 1 aliphatic heterocycles. The predicted molar refractivity (Wildman–Crippen MR) is 95.8 cm³/mol. The first-order valence-electron chi connectivity index (χ1n) is 8.45. The van der Waals surface area contributed by atoms with Crippen molar-refractivity contribution < 1.29 is 4.79 Å². The molecule has 132 valence electrons. The van der Waals surface area contributed by atoms with Crippen molar-refractivity contribution in [3.63, 3.8) is 0 Å². The molecule has 0 aliphatic carbocycles. The van der Waals surface area contributed by atoms with Crippen LogP contribution in [-0.4, -0.2) is 64.2 Å². The summed E-state index contributed by atoms with van der Waals surface area (Å²) in [5.41, 5.74) is 2.10. The van der Waals surface area contributed by atoms with E-state index in [4.69, 9.17) is 0 Å². The highest BCUT2D eigenvalue weighted by atomic mass is 16.2. The van der Waals surface area contributed by atoms with Crippen molar-refractivity contribution in [3.05, 3.63) is 35.3 Å². The average molecular weight is 341 g/mol. The van der Waals surface area contributed by atoms with Crippen LogP contribution in [0.3, 0.4) is 0 Å². The summed E-state index contributed by atoms with van der Waals surface area (Å²) in [5.74, 6) is 1.27. The second-order valence-electron chi connectivity index (χ2n) is 6.13. The molecule has 3 rings (SSSR count). The Morgan fingerprint density at radius 3 is 2.60 bits per heavy atom. The van der Waals surface area contributed by atoms with Crippen molar-refractivity contribution in [2.45, 2.75) is 20.3 Å². The summed E-state index contributed by atoms with van der Waals surface area (Å²) in [6, 6.07) is 5.67. The van der Waals surface area contributed by atoms with Gasteiger partial charge in [0.25, 0.3) is 5.91 Å². The molecule has 8 heteroatoms. The largest absolute Gasteiger partial charge is 0.357 e. The van der Waals surface area contributed by atoms with Crippen molar-refractivity contribution in [1.82, 2.24) is 25.1 Å². The van der Waals surface area contributed by atoms with Crippen molar-refractivity contribution >= 4 is 17.7 Å². The van der Waals surface area contributed by atoms with Gasteiger partial charge in [0.15, 0.2) is 5.82 Å². The van der Waals surface area contributed by atoms with Crippen LogP contribution in [0.4, 0.5) is 11.8 Å². The van der Waals surface area contributed by atoms with E-state index in [2.05, 4.69) is 30.4 Å². The minimum Gasteiger partial charge on any atom is -0.357 e. The Morgan fingerprint density at radius 2 is 1.88 bits per heavy atom. The molecular weight excluding hydrogens is 318 g/mol. The Morgan fingerprint density at radius 1 is 1.04 bits per heavy atom. The van der Waals surface area contributed by atoms with Gasteiger partial charge in [-0.2, -0.15) is 5.10 Å². The molecule has 1 N–H and O–H groups in total. The summed E-state index contributed by atoms with van der Waals surface area (Å²) in [5, 5.41) is 11.3. The third-order valence-electron chi connectivity index (χ3n) is 4.19. The molecule has 3 heterocycles. The summed E-state index contributed by atoms with van der Waals surface area (Å²) in [7, 11) is 1.75.